The molecule has 2 amide bonds. The molecule has 0 aromatic heterocycles. The molecular weight excluding hydrogens is 494 g/mol. The summed E-state index contributed by atoms with van der Waals surface area (Å²) >= 11 is 6.11. The van der Waals surface area contributed by atoms with Crippen LogP contribution in [0.15, 0.2) is 42.5 Å². The zero-order chi connectivity index (χ0) is 26.2. The van der Waals surface area contributed by atoms with Gasteiger partial charge >= 0.3 is 0 Å². The number of sulfonamides is 1. The fraction of sp³-hybridized carbons (Fsp3) is 0.417. The zero-order valence-electron chi connectivity index (χ0n) is 20.6. The average molecular weight is 526 g/mol. The minimum absolute atomic E-state index is 0.1000. The van der Waals surface area contributed by atoms with E-state index in [1.54, 1.807) is 51.3 Å². The fourth-order valence-electron chi connectivity index (χ4n) is 3.59. The Morgan fingerprint density at radius 2 is 1.71 bits per heavy atom. The van der Waals surface area contributed by atoms with Crippen molar-refractivity contribution in [3.05, 3.63) is 53.1 Å². The number of anilines is 1. The Kier molecular flexibility index (Phi) is 10.2. The molecule has 0 aliphatic carbocycles. The molecule has 0 spiro atoms. The first-order valence-corrected chi connectivity index (χ1v) is 13.3. The number of carbonyl (C=O) groups is 2. The highest BCUT2D eigenvalue weighted by atomic mass is 35.5. The third kappa shape index (κ3) is 7.50. The molecule has 0 heterocycles. The van der Waals surface area contributed by atoms with E-state index in [1.807, 2.05) is 0 Å². The van der Waals surface area contributed by atoms with Crippen LogP contribution in [-0.4, -0.2) is 64.7 Å². The molecule has 1 unspecified atom stereocenters. The van der Waals surface area contributed by atoms with E-state index in [1.165, 1.54) is 24.1 Å². The van der Waals surface area contributed by atoms with Gasteiger partial charge < -0.3 is 19.7 Å². The van der Waals surface area contributed by atoms with Crippen molar-refractivity contribution in [3.63, 3.8) is 0 Å². The summed E-state index contributed by atoms with van der Waals surface area (Å²) in [4.78, 5) is 27.8. The standard InChI is InChI=1S/C24H32ClN3O6S/c1-6-20(24(30)26-7-2)27(15-17-8-11-19(33-3)12-9-17)23(29)16-28(35(5,31)32)21-14-18(25)10-13-22(21)34-4/h8-14,20H,6-7,15-16H2,1-5H3,(H,26,30). The van der Waals surface area contributed by atoms with Crippen molar-refractivity contribution >= 4 is 39.1 Å². The highest BCUT2D eigenvalue weighted by molar-refractivity contribution is 7.92. The number of benzene rings is 2. The molecule has 11 heteroatoms. The van der Waals surface area contributed by atoms with Gasteiger partial charge in [0.15, 0.2) is 0 Å². The molecule has 0 bridgehead atoms. The lowest BCUT2D eigenvalue weighted by atomic mass is 10.1. The molecule has 35 heavy (non-hydrogen) atoms. The summed E-state index contributed by atoms with van der Waals surface area (Å²) in [6.07, 6.45) is 1.34. The molecule has 2 aromatic carbocycles. The highest BCUT2D eigenvalue weighted by Crippen LogP contribution is 2.33. The highest BCUT2D eigenvalue weighted by Gasteiger charge is 2.32. The van der Waals surface area contributed by atoms with Gasteiger partial charge in [-0.25, -0.2) is 8.42 Å². The number of likely N-dealkylation sites (N-methyl/N-ethyl adjacent to an activating group) is 1. The van der Waals surface area contributed by atoms with Crippen LogP contribution in [0.2, 0.25) is 5.02 Å². The maximum Gasteiger partial charge on any atom is 0.244 e. The average Bonchev–Trinajstić information content (AvgIpc) is 2.82. The van der Waals surface area contributed by atoms with E-state index in [-0.39, 0.29) is 28.9 Å². The number of amides is 2. The van der Waals surface area contributed by atoms with Gasteiger partial charge in [-0.3, -0.25) is 13.9 Å². The van der Waals surface area contributed by atoms with Gasteiger partial charge in [0.25, 0.3) is 0 Å². The van der Waals surface area contributed by atoms with Crippen LogP contribution in [-0.2, 0) is 26.2 Å². The summed E-state index contributed by atoms with van der Waals surface area (Å²) < 4.78 is 36.9. The van der Waals surface area contributed by atoms with Crippen molar-refractivity contribution in [2.24, 2.45) is 0 Å². The van der Waals surface area contributed by atoms with E-state index in [2.05, 4.69) is 5.32 Å². The molecule has 0 aliphatic rings. The Bertz CT molecular complexity index is 1120. The van der Waals surface area contributed by atoms with E-state index in [9.17, 15) is 18.0 Å². The van der Waals surface area contributed by atoms with E-state index in [0.717, 1.165) is 16.1 Å². The number of carbonyl (C=O) groups excluding carboxylic acids is 2. The minimum Gasteiger partial charge on any atom is -0.497 e. The van der Waals surface area contributed by atoms with Crippen LogP contribution in [0.5, 0.6) is 11.5 Å². The predicted octanol–water partition coefficient (Wildman–Crippen LogP) is 3.07. The molecule has 0 saturated heterocycles. The Morgan fingerprint density at radius 3 is 2.23 bits per heavy atom. The normalized spacial score (nSPS) is 11.9. The second kappa shape index (κ2) is 12.6. The van der Waals surface area contributed by atoms with Crippen LogP contribution < -0.4 is 19.1 Å². The van der Waals surface area contributed by atoms with Gasteiger partial charge in [-0.1, -0.05) is 30.7 Å². The monoisotopic (exact) mass is 525 g/mol. The number of hydrogen-bond acceptors (Lipinski definition) is 6. The van der Waals surface area contributed by atoms with E-state index in [0.29, 0.717) is 18.7 Å². The van der Waals surface area contributed by atoms with Crippen molar-refractivity contribution in [2.75, 3.05) is 37.9 Å². The Hall–Kier alpha value is -2.98. The third-order valence-corrected chi connectivity index (χ3v) is 6.70. The molecule has 9 nitrogen and oxygen atoms in total. The van der Waals surface area contributed by atoms with Gasteiger partial charge in [0, 0.05) is 18.1 Å². The predicted molar refractivity (Wildman–Crippen MR) is 137 cm³/mol. The molecular formula is C24H32ClN3O6S. The molecule has 192 valence electrons. The van der Waals surface area contributed by atoms with Crippen LogP contribution >= 0.6 is 11.6 Å². The Balaban J connectivity index is 2.49. The summed E-state index contributed by atoms with van der Waals surface area (Å²) in [5.41, 5.74) is 0.888. The van der Waals surface area contributed by atoms with Gasteiger partial charge in [0.2, 0.25) is 21.8 Å². The van der Waals surface area contributed by atoms with Crippen molar-refractivity contribution in [2.45, 2.75) is 32.9 Å². The van der Waals surface area contributed by atoms with E-state index in [4.69, 9.17) is 21.1 Å². The van der Waals surface area contributed by atoms with Crippen LogP contribution in [0.3, 0.4) is 0 Å². The molecule has 2 rings (SSSR count). The number of nitrogens with zero attached hydrogens (tertiary/aromatic N) is 2. The van der Waals surface area contributed by atoms with Crippen molar-refractivity contribution in [1.29, 1.82) is 0 Å². The van der Waals surface area contributed by atoms with Gasteiger partial charge in [-0.2, -0.15) is 0 Å². The summed E-state index contributed by atoms with van der Waals surface area (Å²) in [5, 5.41) is 3.04. The fourth-order valence-corrected chi connectivity index (χ4v) is 4.60. The summed E-state index contributed by atoms with van der Waals surface area (Å²) in [6.45, 7) is 3.54. The van der Waals surface area contributed by atoms with Gasteiger partial charge in [0.1, 0.15) is 24.1 Å². The van der Waals surface area contributed by atoms with Gasteiger partial charge in [0.05, 0.1) is 26.2 Å². The van der Waals surface area contributed by atoms with E-state index < -0.39 is 28.5 Å². The smallest absolute Gasteiger partial charge is 0.244 e. The molecule has 1 atom stereocenters. The molecule has 0 fully saturated rings. The van der Waals surface area contributed by atoms with Gasteiger partial charge in [-0.05, 0) is 49.2 Å². The maximum absolute atomic E-state index is 13.6. The number of methoxy groups -OCH3 is 2. The first-order chi connectivity index (χ1) is 16.5. The van der Waals surface area contributed by atoms with Crippen LogP contribution in [0.4, 0.5) is 5.69 Å². The largest absolute Gasteiger partial charge is 0.497 e. The topological polar surface area (TPSA) is 105 Å². The summed E-state index contributed by atoms with van der Waals surface area (Å²) in [6, 6.07) is 10.8. The number of nitrogens with one attached hydrogen (secondary N) is 1. The maximum atomic E-state index is 13.6. The number of ether oxygens (including phenoxy) is 2. The first-order valence-electron chi connectivity index (χ1n) is 11.1. The molecule has 2 aromatic rings. The lowest BCUT2D eigenvalue weighted by molar-refractivity contribution is -0.140. The molecule has 1 N–H and O–H groups in total. The number of rotatable bonds is 12. The molecule has 0 radical (unpaired) electrons. The van der Waals surface area contributed by atoms with Crippen molar-refractivity contribution < 1.29 is 27.5 Å². The van der Waals surface area contributed by atoms with E-state index >= 15 is 0 Å². The zero-order valence-corrected chi connectivity index (χ0v) is 22.1. The third-order valence-electron chi connectivity index (χ3n) is 5.34. The van der Waals surface area contributed by atoms with Crippen molar-refractivity contribution in [3.8, 4) is 11.5 Å². The lowest BCUT2D eigenvalue weighted by Gasteiger charge is -2.33. The van der Waals surface area contributed by atoms with Crippen LogP contribution in [0, 0.1) is 0 Å². The Morgan fingerprint density at radius 1 is 1.06 bits per heavy atom. The van der Waals surface area contributed by atoms with Crippen LogP contribution in [0.1, 0.15) is 25.8 Å². The quantitative estimate of drug-likeness (QED) is 0.456. The van der Waals surface area contributed by atoms with Crippen molar-refractivity contribution in [1.82, 2.24) is 10.2 Å². The van der Waals surface area contributed by atoms with Gasteiger partial charge in [-0.15, -0.1) is 0 Å². The number of hydrogen-bond donors (Lipinski definition) is 1. The summed E-state index contributed by atoms with van der Waals surface area (Å²) in [5.74, 6) is 0.0262. The Labute approximate surface area is 212 Å². The van der Waals surface area contributed by atoms with Crippen LogP contribution in [0.25, 0.3) is 0 Å². The second-order valence-electron chi connectivity index (χ2n) is 7.77. The molecule has 0 aliphatic heterocycles. The second-order valence-corrected chi connectivity index (χ2v) is 10.1. The minimum atomic E-state index is -3.91. The SMILES string of the molecule is CCNC(=O)C(CC)N(Cc1ccc(OC)cc1)C(=O)CN(c1cc(Cl)ccc1OC)S(C)(=O)=O. The lowest BCUT2D eigenvalue weighted by Crippen LogP contribution is -2.52. The first kappa shape index (κ1) is 28.3. The molecule has 0 saturated carbocycles. The number of halogens is 1. The summed E-state index contributed by atoms with van der Waals surface area (Å²) in [7, 11) is -0.962.